The minimum Gasteiger partial charge on any atom is -0.494 e. The first-order valence-electron chi connectivity index (χ1n) is 9.98. The van der Waals surface area contributed by atoms with E-state index in [1.165, 1.54) is 11.3 Å². The van der Waals surface area contributed by atoms with Gasteiger partial charge in [0.1, 0.15) is 11.3 Å². The van der Waals surface area contributed by atoms with Gasteiger partial charge in [-0.25, -0.2) is 4.98 Å². The number of hydrogen-bond acceptors (Lipinski definition) is 6. The van der Waals surface area contributed by atoms with Crippen molar-refractivity contribution in [3.63, 3.8) is 0 Å². The Hall–Kier alpha value is -3.29. The molecule has 1 aliphatic heterocycles. The van der Waals surface area contributed by atoms with Crippen molar-refractivity contribution in [2.45, 2.75) is 13.0 Å². The van der Waals surface area contributed by atoms with E-state index >= 15 is 0 Å². The Labute approximate surface area is 193 Å². The fraction of sp³-hybridized carbons (Fsp3) is 0.167. The van der Waals surface area contributed by atoms with E-state index in [4.69, 9.17) is 30.8 Å². The molecule has 1 aliphatic rings. The van der Waals surface area contributed by atoms with Gasteiger partial charge in [-0.2, -0.15) is 0 Å². The lowest BCUT2D eigenvalue weighted by atomic mass is 10.1. The number of carbonyl (C=O) groups excluding carboxylic acids is 1. The van der Waals surface area contributed by atoms with E-state index in [0.717, 1.165) is 15.8 Å². The predicted molar refractivity (Wildman–Crippen MR) is 125 cm³/mol. The maximum absolute atomic E-state index is 13.5. The molecular formula is C24H19ClN2O4S. The summed E-state index contributed by atoms with van der Waals surface area (Å²) in [6, 6.07) is 18.9. The molecule has 5 rings (SSSR count). The number of fused-ring (bicyclic) bond motifs is 2. The van der Waals surface area contributed by atoms with Crippen molar-refractivity contribution >= 4 is 44.2 Å². The van der Waals surface area contributed by atoms with Gasteiger partial charge in [0.2, 0.25) is 12.7 Å². The highest BCUT2D eigenvalue weighted by molar-refractivity contribution is 7.23. The Morgan fingerprint density at radius 1 is 1.09 bits per heavy atom. The van der Waals surface area contributed by atoms with Crippen LogP contribution in [0.25, 0.3) is 10.2 Å². The highest BCUT2D eigenvalue weighted by Gasteiger charge is 2.23. The van der Waals surface area contributed by atoms with Crippen molar-refractivity contribution in [1.82, 2.24) is 4.98 Å². The number of rotatable bonds is 6. The third-order valence-electron chi connectivity index (χ3n) is 5.17. The van der Waals surface area contributed by atoms with Crippen LogP contribution < -0.4 is 19.1 Å². The van der Waals surface area contributed by atoms with Crippen LogP contribution in [0.1, 0.15) is 11.1 Å². The summed E-state index contributed by atoms with van der Waals surface area (Å²) >= 11 is 7.79. The maximum atomic E-state index is 13.5. The molecule has 4 aromatic rings. The molecule has 0 radical (unpaired) electrons. The first-order valence-corrected chi connectivity index (χ1v) is 11.2. The van der Waals surface area contributed by atoms with E-state index in [-0.39, 0.29) is 19.1 Å². The van der Waals surface area contributed by atoms with Gasteiger partial charge in [-0.3, -0.25) is 9.69 Å². The van der Waals surface area contributed by atoms with Gasteiger partial charge < -0.3 is 14.2 Å². The van der Waals surface area contributed by atoms with Crippen molar-refractivity contribution in [3.8, 4) is 17.2 Å². The summed E-state index contributed by atoms with van der Waals surface area (Å²) in [5, 5.41) is 1.15. The molecule has 6 nitrogen and oxygen atoms in total. The summed E-state index contributed by atoms with van der Waals surface area (Å²) in [5.41, 5.74) is 2.49. The van der Waals surface area contributed by atoms with E-state index in [1.807, 2.05) is 48.5 Å². The number of ether oxygens (including phenoxy) is 3. The molecule has 8 heteroatoms. The fourth-order valence-corrected chi connectivity index (χ4v) is 4.84. The highest BCUT2D eigenvalue weighted by Crippen LogP contribution is 2.39. The maximum Gasteiger partial charge on any atom is 0.233 e. The fourth-order valence-electron chi connectivity index (χ4n) is 3.57. The van der Waals surface area contributed by atoms with Crippen LogP contribution in [-0.4, -0.2) is 24.8 Å². The SMILES string of the molecule is COc1ccc(Cl)c2sc(N(Cc3ccccc3)C(=O)Cc3ccc4c(c3)OCO4)nc12. The third kappa shape index (κ3) is 3.97. The Bertz CT molecular complexity index is 1290. The van der Waals surface area contributed by atoms with Crippen molar-refractivity contribution < 1.29 is 19.0 Å². The number of hydrogen-bond donors (Lipinski definition) is 0. The molecule has 0 aliphatic carbocycles. The summed E-state index contributed by atoms with van der Waals surface area (Å²) in [4.78, 5) is 19.9. The summed E-state index contributed by atoms with van der Waals surface area (Å²) in [6.45, 7) is 0.588. The first kappa shape index (κ1) is 20.6. The quantitative estimate of drug-likeness (QED) is 0.377. The van der Waals surface area contributed by atoms with Crippen LogP contribution in [0, 0.1) is 0 Å². The zero-order chi connectivity index (χ0) is 22.1. The Morgan fingerprint density at radius 2 is 1.91 bits per heavy atom. The van der Waals surface area contributed by atoms with Crippen LogP contribution >= 0.6 is 22.9 Å². The average Bonchev–Trinajstić information content (AvgIpc) is 3.46. The molecule has 0 bridgehead atoms. The molecule has 0 spiro atoms. The van der Waals surface area contributed by atoms with Gasteiger partial charge >= 0.3 is 0 Å². The lowest BCUT2D eigenvalue weighted by Gasteiger charge is -2.20. The van der Waals surface area contributed by atoms with Crippen LogP contribution in [0.2, 0.25) is 5.02 Å². The second kappa shape index (κ2) is 8.68. The lowest BCUT2D eigenvalue weighted by Crippen LogP contribution is -2.31. The topological polar surface area (TPSA) is 60.9 Å². The Morgan fingerprint density at radius 3 is 2.72 bits per heavy atom. The van der Waals surface area contributed by atoms with E-state index in [1.54, 1.807) is 24.1 Å². The number of benzene rings is 3. The van der Waals surface area contributed by atoms with Gasteiger partial charge in [-0.1, -0.05) is 59.3 Å². The molecule has 0 unspecified atom stereocenters. The molecular weight excluding hydrogens is 448 g/mol. The number of aromatic nitrogens is 1. The number of amides is 1. The Balaban J connectivity index is 1.51. The summed E-state index contributed by atoms with van der Waals surface area (Å²) in [7, 11) is 1.59. The van der Waals surface area contributed by atoms with Gasteiger partial charge in [0.15, 0.2) is 16.6 Å². The zero-order valence-corrected chi connectivity index (χ0v) is 18.8. The van der Waals surface area contributed by atoms with E-state index in [0.29, 0.717) is 39.5 Å². The molecule has 0 saturated carbocycles. The van der Waals surface area contributed by atoms with Crippen molar-refractivity contribution in [2.75, 3.05) is 18.8 Å². The zero-order valence-electron chi connectivity index (χ0n) is 17.2. The molecule has 1 amide bonds. The van der Waals surface area contributed by atoms with Crippen LogP contribution in [0.15, 0.2) is 60.7 Å². The summed E-state index contributed by atoms with van der Waals surface area (Å²) in [6.07, 6.45) is 0.199. The molecule has 32 heavy (non-hydrogen) atoms. The van der Waals surface area contributed by atoms with Crippen molar-refractivity contribution in [3.05, 3.63) is 76.8 Å². The monoisotopic (exact) mass is 466 g/mol. The van der Waals surface area contributed by atoms with E-state index in [2.05, 4.69) is 0 Å². The smallest absolute Gasteiger partial charge is 0.233 e. The highest BCUT2D eigenvalue weighted by atomic mass is 35.5. The molecule has 3 aromatic carbocycles. The normalized spacial score (nSPS) is 12.2. The molecule has 162 valence electrons. The van der Waals surface area contributed by atoms with Crippen molar-refractivity contribution in [2.24, 2.45) is 0 Å². The molecule has 1 aromatic heterocycles. The summed E-state index contributed by atoms with van der Waals surface area (Å²) < 4.78 is 17.1. The second-order valence-corrected chi connectivity index (χ2v) is 8.64. The number of nitrogens with zero attached hydrogens (tertiary/aromatic N) is 2. The largest absolute Gasteiger partial charge is 0.494 e. The van der Waals surface area contributed by atoms with Crippen LogP contribution in [0.4, 0.5) is 5.13 Å². The molecule has 0 fully saturated rings. The molecule has 0 N–H and O–H groups in total. The van der Waals surface area contributed by atoms with Gasteiger partial charge in [-0.15, -0.1) is 0 Å². The molecule has 2 heterocycles. The molecule has 0 atom stereocenters. The lowest BCUT2D eigenvalue weighted by molar-refractivity contribution is -0.118. The standard InChI is InChI=1S/C24H19ClN2O4S/c1-29-19-10-8-17(25)23-22(19)26-24(32-23)27(13-15-5-3-2-4-6-15)21(28)12-16-7-9-18-20(11-16)31-14-30-18/h2-11H,12-14H2,1H3. The number of carbonyl (C=O) groups is 1. The first-order chi connectivity index (χ1) is 15.6. The van der Waals surface area contributed by atoms with E-state index < -0.39 is 0 Å². The van der Waals surface area contributed by atoms with Gasteiger partial charge in [0, 0.05) is 0 Å². The second-order valence-electron chi connectivity index (χ2n) is 7.25. The molecule has 0 saturated heterocycles. The predicted octanol–water partition coefficient (Wildman–Crippen LogP) is 5.46. The van der Waals surface area contributed by atoms with Crippen LogP contribution in [-0.2, 0) is 17.8 Å². The van der Waals surface area contributed by atoms with Crippen molar-refractivity contribution in [1.29, 1.82) is 0 Å². The summed E-state index contributed by atoms with van der Waals surface area (Å²) in [5.74, 6) is 1.88. The number of anilines is 1. The minimum atomic E-state index is -0.0816. The van der Waals surface area contributed by atoms with Gasteiger partial charge in [0.05, 0.1) is 29.8 Å². The van der Waals surface area contributed by atoms with E-state index in [9.17, 15) is 4.79 Å². The van der Waals surface area contributed by atoms with Gasteiger partial charge in [-0.05, 0) is 35.4 Å². The van der Waals surface area contributed by atoms with Crippen LogP contribution in [0.3, 0.4) is 0 Å². The minimum absolute atomic E-state index is 0.0816. The number of halogens is 1. The third-order valence-corrected chi connectivity index (χ3v) is 6.71. The number of methoxy groups -OCH3 is 1. The average molecular weight is 467 g/mol. The van der Waals surface area contributed by atoms with Gasteiger partial charge in [0.25, 0.3) is 0 Å². The number of thiazole rings is 1. The Kier molecular flexibility index (Phi) is 5.59. The van der Waals surface area contributed by atoms with Crippen LogP contribution in [0.5, 0.6) is 17.2 Å².